The predicted molar refractivity (Wildman–Crippen MR) is 125 cm³/mol. The van der Waals surface area contributed by atoms with Crippen LogP contribution in [-0.4, -0.2) is 46.6 Å². The third kappa shape index (κ3) is 6.67. The predicted octanol–water partition coefficient (Wildman–Crippen LogP) is 3.70. The summed E-state index contributed by atoms with van der Waals surface area (Å²) in [4.78, 5) is 35.1. The number of anilines is 2. The Kier molecular flexibility index (Phi) is 8.83. The van der Waals surface area contributed by atoms with Crippen LogP contribution in [0.15, 0.2) is 36.5 Å². The number of carbonyl (C=O) groups is 2. The molecule has 2 heterocycles. The van der Waals surface area contributed by atoms with Crippen molar-refractivity contribution in [3.63, 3.8) is 0 Å². The third-order valence-electron chi connectivity index (χ3n) is 5.77. The number of benzene rings is 1. The number of aromatic nitrogens is 2. The maximum atomic E-state index is 12.8. The number of aliphatic carboxylic acids is 1. The zero-order valence-corrected chi connectivity index (χ0v) is 18.7. The van der Waals surface area contributed by atoms with Gasteiger partial charge in [-0.3, -0.25) is 9.59 Å². The van der Waals surface area contributed by atoms with E-state index in [0.717, 1.165) is 31.2 Å². The van der Waals surface area contributed by atoms with Crippen LogP contribution in [0.25, 0.3) is 0 Å². The Morgan fingerprint density at radius 1 is 1.12 bits per heavy atom. The van der Waals surface area contributed by atoms with Crippen LogP contribution in [-0.2, 0) is 11.3 Å². The number of hydrogen-bond donors (Lipinski definition) is 3. The lowest BCUT2D eigenvalue weighted by Crippen LogP contribution is -2.37. The fourth-order valence-corrected chi connectivity index (χ4v) is 3.78. The molecular formula is C24H33N5O3. The van der Waals surface area contributed by atoms with Gasteiger partial charge in [0.15, 0.2) is 0 Å². The molecule has 8 nitrogen and oxygen atoms in total. The van der Waals surface area contributed by atoms with E-state index in [1.54, 1.807) is 6.20 Å². The molecule has 0 aliphatic carbocycles. The van der Waals surface area contributed by atoms with E-state index in [1.807, 2.05) is 35.2 Å². The van der Waals surface area contributed by atoms with Crippen molar-refractivity contribution < 1.29 is 14.7 Å². The molecule has 1 amide bonds. The van der Waals surface area contributed by atoms with Crippen molar-refractivity contribution in [3.8, 4) is 0 Å². The largest absolute Gasteiger partial charge is 0.481 e. The molecule has 1 aliphatic rings. The summed E-state index contributed by atoms with van der Waals surface area (Å²) in [6.45, 7) is 4.49. The number of rotatable bonds is 11. The van der Waals surface area contributed by atoms with Crippen molar-refractivity contribution >= 4 is 23.6 Å². The Hall–Kier alpha value is -3.16. The summed E-state index contributed by atoms with van der Waals surface area (Å²) >= 11 is 0. The van der Waals surface area contributed by atoms with Crippen LogP contribution < -0.4 is 15.5 Å². The van der Waals surface area contributed by atoms with Crippen molar-refractivity contribution in [2.45, 2.75) is 52.0 Å². The minimum absolute atomic E-state index is 0.187. The second-order valence-electron chi connectivity index (χ2n) is 8.19. The molecule has 3 N–H and O–H groups in total. The SMILES string of the molecule is CCCCCCNC(=O)c1cnc(N2CCC(C(=O)O)CC2)nc1NCc1ccccc1. The van der Waals surface area contributed by atoms with Crippen molar-refractivity contribution in [2.75, 3.05) is 29.9 Å². The molecule has 1 saturated heterocycles. The fourth-order valence-electron chi connectivity index (χ4n) is 3.78. The average molecular weight is 440 g/mol. The molecule has 3 rings (SSSR count). The Labute approximate surface area is 189 Å². The van der Waals surface area contributed by atoms with Gasteiger partial charge in [0.2, 0.25) is 5.95 Å². The summed E-state index contributed by atoms with van der Waals surface area (Å²) in [5, 5.41) is 15.5. The quantitative estimate of drug-likeness (QED) is 0.458. The Morgan fingerprint density at radius 2 is 1.88 bits per heavy atom. The molecule has 0 saturated carbocycles. The molecule has 172 valence electrons. The van der Waals surface area contributed by atoms with Crippen molar-refractivity contribution in [1.82, 2.24) is 15.3 Å². The van der Waals surface area contributed by atoms with Crippen molar-refractivity contribution in [2.24, 2.45) is 5.92 Å². The molecule has 0 atom stereocenters. The van der Waals surface area contributed by atoms with Crippen LogP contribution in [0, 0.1) is 5.92 Å². The van der Waals surface area contributed by atoms with E-state index < -0.39 is 5.97 Å². The van der Waals surface area contributed by atoms with Gasteiger partial charge in [0.1, 0.15) is 11.4 Å². The van der Waals surface area contributed by atoms with E-state index in [1.165, 1.54) is 0 Å². The highest BCUT2D eigenvalue weighted by Crippen LogP contribution is 2.23. The number of amides is 1. The smallest absolute Gasteiger partial charge is 0.306 e. The first kappa shape index (κ1) is 23.5. The lowest BCUT2D eigenvalue weighted by Gasteiger charge is -2.30. The highest BCUT2D eigenvalue weighted by molar-refractivity contribution is 5.98. The molecule has 2 aromatic rings. The lowest BCUT2D eigenvalue weighted by molar-refractivity contribution is -0.142. The number of nitrogens with one attached hydrogen (secondary N) is 2. The summed E-state index contributed by atoms with van der Waals surface area (Å²) in [6.07, 6.45) is 7.05. The van der Waals surface area contributed by atoms with Gasteiger partial charge in [-0.2, -0.15) is 4.98 Å². The van der Waals surface area contributed by atoms with Crippen LogP contribution in [0.2, 0.25) is 0 Å². The molecule has 1 aromatic carbocycles. The molecule has 8 heteroatoms. The molecule has 0 spiro atoms. The second-order valence-corrected chi connectivity index (χ2v) is 8.19. The number of hydrogen-bond acceptors (Lipinski definition) is 6. The normalized spacial score (nSPS) is 14.2. The second kappa shape index (κ2) is 12.0. The number of piperidine rings is 1. The lowest BCUT2D eigenvalue weighted by atomic mass is 9.97. The number of carbonyl (C=O) groups excluding carboxylic acids is 1. The fraction of sp³-hybridized carbons (Fsp3) is 0.500. The topological polar surface area (TPSA) is 107 Å². The summed E-state index contributed by atoms with van der Waals surface area (Å²) in [6, 6.07) is 9.93. The van der Waals surface area contributed by atoms with Gasteiger partial charge in [-0.1, -0.05) is 56.5 Å². The summed E-state index contributed by atoms with van der Waals surface area (Å²) in [5.41, 5.74) is 1.50. The van der Waals surface area contributed by atoms with Crippen LogP contribution in [0.4, 0.5) is 11.8 Å². The van der Waals surface area contributed by atoms with Crippen LogP contribution >= 0.6 is 0 Å². The van der Waals surface area contributed by atoms with E-state index in [9.17, 15) is 14.7 Å². The van der Waals surface area contributed by atoms with Gasteiger partial charge < -0.3 is 20.6 Å². The van der Waals surface area contributed by atoms with Gasteiger partial charge in [0.25, 0.3) is 5.91 Å². The number of carboxylic acid groups (broad SMARTS) is 1. The van der Waals surface area contributed by atoms with E-state index in [0.29, 0.717) is 56.4 Å². The molecule has 0 bridgehead atoms. The first-order chi connectivity index (χ1) is 15.6. The first-order valence-electron chi connectivity index (χ1n) is 11.5. The van der Waals surface area contributed by atoms with Crippen LogP contribution in [0.1, 0.15) is 61.4 Å². The molecule has 1 fully saturated rings. The zero-order valence-electron chi connectivity index (χ0n) is 18.7. The first-order valence-corrected chi connectivity index (χ1v) is 11.5. The van der Waals surface area contributed by atoms with E-state index in [-0.39, 0.29) is 11.8 Å². The van der Waals surface area contributed by atoms with Gasteiger partial charge in [-0.25, -0.2) is 4.98 Å². The van der Waals surface area contributed by atoms with Crippen LogP contribution in [0.5, 0.6) is 0 Å². The number of unbranched alkanes of at least 4 members (excludes halogenated alkanes) is 3. The van der Waals surface area contributed by atoms with Crippen molar-refractivity contribution in [1.29, 1.82) is 0 Å². The average Bonchev–Trinajstić information content (AvgIpc) is 2.83. The third-order valence-corrected chi connectivity index (χ3v) is 5.77. The van der Waals surface area contributed by atoms with Gasteiger partial charge in [-0.05, 0) is 24.8 Å². The highest BCUT2D eigenvalue weighted by atomic mass is 16.4. The maximum Gasteiger partial charge on any atom is 0.306 e. The molecule has 1 aromatic heterocycles. The molecule has 0 unspecified atom stereocenters. The number of carboxylic acids is 1. The van der Waals surface area contributed by atoms with E-state index >= 15 is 0 Å². The van der Waals surface area contributed by atoms with Gasteiger partial charge in [0, 0.05) is 32.4 Å². The maximum absolute atomic E-state index is 12.8. The van der Waals surface area contributed by atoms with Gasteiger partial charge in [0.05, 0.1) is 5.92 Å². The van der Waals surface area contributed by atoms with E-state index in [4.69, 9.17) is 0 Å². The van der Waals surface area contributed by atoms with Crippen LogP contribution in [0.3, 0.4) is 0 Å². The molecule has 0 radical (unpaired) electrons. The van der Waals surface area contributed by atoms with Gasteiger partial charge >= 0.3 is 5.97 Å². The van der Waals surface area contributed by atoms with E-state index in [2.05, 4.69) is 27.5 Å². The monoisotopic (exact) mass is 439 g/mol. The minimum atomic E-state index is -0.748. The molecule has 32 heavy (non-hydrogen) atoms. The van der Waals surface area contributed by atoms with Gasteiger partial charge in [-0.15, -0.1) is 0 Å². The summed E-state index contributed by atoms with van der Waals surface area (Å²) in [5.74, 6) is -0.246. The standard InChI is InChI=1S/C24H33N5O3/c1-2-3-4-8-13-25-22(30)20-17-27-24(29-14-11-19(12-15-29)23(31)32)28-21(20)26-16-18-9-6-5-7-10-18/h5-7,9-10,17,19H,2-4,8,11-16H2,1H3,(H,25,30)(H,31,32)(H,26,27,28). The summed E-state index contributed by atoms with van der Waals surface area (Å²) < 4.78 is 0. The highest BCUT2D eigenvalue weighted by Gasteiger charge is 2.26. The Morgan fingerprint density at radius 3 is 2.56 bits per heavy atom. The number of nitrogens with zero attached hydrogens (tertiary/aromatic N) is 3. The Bertz CT molecular complexity index is 882. The Balaban J connectivity index is 1.71. The summed E-state index contributed by atoms with van der Waals surface area (Å²) in [7, 11) is 0. The zero-order chi connectivity index (χ0) is 22.8. The molecule has 1 aliphatic heterocycles. The van der Waals surface area contributed by atoms with Crippen molar-refractivity contribution in [3.05, 3.63) is 47.7 Å². The molecular weight excluding hydrogens is 406 g/mol. The minimum Gasteiger partial charge on any atom is -0.481 e.